The Bertz CT molecular complexity index is 294. The lowest BCUT2D eigenvalue weighted by Crippen LogP contribution is -2.57. The van der Waals surface area contributed by atoms with Crippen LogP contribution in [-0.4, -0.2) is 29.5 Å². The first-order chi connectivity index (χ1) is 8.31. The molecule has 2 nitrogen and oxygen atoms in total. The van der Waals surface area contributed by atoms with E-state index >= 15 is 0 Å². The number of hydrogen-bond donors (Lipinski definition) is 2. The average molecular weight is 265 g/mol. The number of halogens is 3. The van der Waals surface area contributed by atoms with Crippen molar-refractivity contribution in [2.75, 3.05) is 6.54 Å². The molecule has 106 valence electrons. The first kappa shape index (κ1) is 14.1. The van der Waals surface area contributed by atoms with Crippen LogP contribution in [0.3, 0.4) is 0 Å². The van der Waals surface area contributed by atoms with Gasteiger partial charge in [-0.2, -0.15) is 13.2 Å². The summed E-state index contributed by atoms with van der Waals surface area (Å²) in [4.78, 5) is 0. The summed E-state index contributed by atoms with van der Waals surface area (Å²) in [6.45, 7) is 2.89. The van der Waals surface area contributed by atoms with Crippen molar-refractivity contribution in [1.29, 1.82) is 0 Å². The molecule has 18 heavy (non-hydrogen) atoms. The van der Waals surface area contributed by atoms with Crippen molar-refractivity contribution in [1.82, 2.24) is 5.32 Å². The topological polar surface area (TPSA) is 32.3 Å². The molecule has 1 heterocycles. The Morgan fingerprint density at radius 1 is 1.28 bits per heavy atom. The molecule has 4 atom stereocenters. The molecule has 0 aromatic rings. The van der Waals surface area contributed by atoms with E-state index in [9.17, 15) is 18.3 Å². The van der Waals surface area contributed by atoms with Gasteiger partial charge in [-0.05, 0) is 51.0 Å². The van der Waals surface area contributed by atoms with Gasteiger partial charge in [0, 0.05) is 6.04 Å². The second-order valence-electron chi connectivity index (χ2n) is 6.07. The minimum absolute atomic E-state index is 0.138. The van der Waals surface area contributed by atoms with Crippen LogP contribution in [-0.2, 0) is 0 Å². The van der Waals surface area contributed by atoms with Gasteiger partial charge in [0.05, 0.1) is 11.5 Å². The van der Waals surface area contributed by atoms with Crippen LogP contribution in [0, 0.1) is 11.8 Å². The predicted molar refractivity (Wildman–Crippen MR) is 63.2 cm³/mol. The van der Waals surface area contributed by atoms with Gasteiger partial charge in [0.2, 0.25) is 0 Å². The van der Waals surface area contributed by atoms with Gasteiger partial charge in [0.15, 0.2) is 0 Å². The van der Waals surface area contributed by atoms with Crippen molar-refractivity contribution >= 4 is 0 Å². The maximum Gasteiger partial charge on any atom is 0.391 e. The lowest BCUT2D eigenvalue weighted by molar-refractivity contribution is -0.204. The van der Waals surface area contributed by atoms with Gasteiger partial charge in [-0.1, -0.05) is 6.92 Å². The van der Waals surface area contributed by atoms with Gasteiger partial charge in [0.1, 0.15) is 0 Å². The smallest absolute Gasteiger partial charge is 0.388 e. The van der Waals surface area contributed by atoms with Gasteiger partial charge < -0.3 is 10.4 Å². The van der Waals surface area contributed by atoms with Crippen LogP contribution in [0.5, 0.6) is 0 Å². The van der Waals surface area contributed by atoms with Crippen molar-refractivity contribution in [3.63, 3.8) is 0 Å². The zero-order chi connectivity index (χ0) is 13.4. The maximum atomic E-state index is 12.8. The summed E-state index contributed by atoms with van der Waals surface area (Å²) in [5, 5.41) is 13.8. The third kappa shape index (κ3) is 2.99. The fourth-order valence-electron chi connectivity index (χ4n) is 3.40. The molecule has 1 saturated carbocycles. The molecule has 0 aromatic heterocycles. The van der Waals surface area contributed by atoms with E-state index in [2.05, 4.69) is 12.2 Å². The first-order valence-electron chi connectivity index (χ1n) is 6.84. The second-order valence-corrected chi connectivity index (χ2v) is 6.07. The highest BCUT2D eigenvalue weighted by Gasteiger charge is 2.50. The first-order valence-corrected chi connectivity index (χ1v) is 6.84. The summed E-state index contributed by atoms with van der Waals surface area (Å²) in [7, 11) is 0. The lowest BCUT2D eigenvalue weighted by atomic mass is 9.71. The van der Waals surface area contributed by atoms with Gasteiger partial charge in [-0.3, -0.25) is 0 Å². The number of aliphatic hydroxyl groups is 1. The predicted octanol–water partition coefficient (Wildman–Crippen LogP) is 2.86. The molecule has 4 unspecified atom stereocenters. The summed E-state index contributed by atoms with van der Waals surface area (Å²) < 4.78 is 38.4. The van der Waals surface area contributed by atoms with Gasteiger partial charge in [-0.15, -0.1) is 0 Å². The third-order valence-electron chi connectivity index (χ3n) is 4.54. The Kier molecular flexibility index (Phi) is 3.93. The molecular weight excluding hydrogens is 243 g/mol. The van der Waals surface area contributed by atoms with Crippen LogP contribution < -0.4 is 5.32 Å². The quantitative estimate of drug-likeness (QED) is 0.764. The van der Waals surface area contributed by atoms with E-state index in [0.717, 1.165) is 19.4 Å². The Balaban J connectivity index is 2.05. The third-order valence-corrected chi connectivity index (χ3v) is 4.54. The fraction of sp³-hybridized carbons (Fsp3) is 1.00. The van der Waals surface area contributed by atoms with Crippen molar-refractivity contribution in [2.24, 2.45) is 11.8 Å². The minimum Gasteiger partial charge on any atom is -0.388 e. The zero-order valence-corrected chi connectivity index (χ0v) is 10.8. The van der Waals surface area contributed by atoms with Crippen molar-refractivity contribution < 1.29 is 18.3 Å². The molecule has 0 aromatic carbocycles. The molecule has 2 fully saturated rings. The van der Waals surface area contributed by atoms with Crippen LogP contribution in [0.4, 0.5) is 13.2 Å². The summed E-state index contributed by atoms with van der Waals surface area (Å²) in [5.41, 5.74) is -1.17. The fourth-order valence-corrected chi connectivity index (χ4v) is 3.40. The second kappa shape index (κ2) is 5.00. The molecular formula is C13H22F3NO. The molecule has 1 aliphatic carbocycles. The van der Waals surface area contributed by atoms with E-state index in [4.69, 9.17) is 0 Å². The molecule has 5 heteroatoms. The summed E-state index contributed by atoms with van der Waals surface area (Å²) >= 11 is 0. The van der Waals surface area contributed by atoms with Crippen molar-refractivity contribution in [3.8, 4) is 0 Å². The number of nitrogens with one attached hydrogen (secondary N) is 1. The van der Waals surface area contributed by atoms with Crippen molar-refractivity contribution in [3.05, 3.63) is 0 Å². The molecule has 2 rings (SSSR count). The molecule has 1 saturated heterocycles. The van der Waals surface area contributed by atoms with E-state index < -0.39 is 17.7 Å². The maximum absolute atomic E-state index is 12.8. The molecule has 2 aliphatic rings. The van der Waals surface area contributed by atoms with E-state index in [-0.39, 0.29) is 18.9 Å². The zero-order valence-electron chi connectivity index (χ0n) is 10.8. The van der Waals surface area contributed by atoms with Gasteiger partial charge in [-0.25, -0.2) is 0 Å². The average Bonchev–Trinajstić information content (AvgIpc) is 2.28. The Morgan fingerprint density at radius 2 is 2.00 bits per heavy atom. The largest absolute Gasteiger partial charge is 0.391 e. The highest BCUT2D eigenvalue weighted by atomic mass is 19.4. The summed E-state index contributed by atoms with van der Waals surface area (Å²) in [6, 6.07) is -0.175. The summed E-state index contributed by atoms with van der Waals surface area (Å²) in [5.74, 6) is -0.859. The monoisotopic (exact) mass is 265 g/mol. The number of hydrogen-bond acceptors (Lipinski definition) is 2. The normalized spacial score (nSPS) is 42.8. The Morgan fingerprint density at radius 3 is 2.61 bits per heavy atom. The van der Waals surface area contributed by atoms with Crippen LogP contribution in [0.2, 0.25) is 0 Å². The van der Waals surface area contributed by atoms with Crippen LogP contribution in [0.1, 0.15) is 45.4 Å². The summed E-state index contributed by atoms with van der Waals surface area (Å²) in [6.07, 6.45) is -1.38. The Labute approximate surface area is 106 Å². The van der Waals surface area contributed by atoms with Gasteiger partial charge in [0.25, 0.3) is 0 Å². The van der Waals surface area contributed by atoms with Crippen LogP contribution in [0.15, 0.2) is 0 Å². The molecule has 0 radical (unpaired) electrons. The highest BCUT2D eigenvalue weighted by molar-refractivity contribution is 4.99. The number of alkyl halides is 3. The van der Waals surface area contributed by atoms with E-state index in [0.29, 0.717) is 18.8 Å². The molecule has 2 N–H and O–H groups in total. The molecule has 0 spiro atoms. The standard InChI is InChI=1S/C13H22F3NO/c1-9-4-6-17-11(7-9)12(18)5-2-3-10(8-12)13(14,15)16/h9-11,17-18H,2-8H2,1H3. The van der Waals surface area contributed by atoms with Crippen LogP contribution >= 0.6 is 0 Å². The number of piperidine rings is 1. The molecule has 1 aliphatic heterocycles. The molecule has 0 bridgehead atoms. The van der Waals surface area contributed by atoms with Crippen LogP contribution in [0.25, 0.3) is 0 Å². The van der Waals surface area contributed by atoms with E-state index in [1.807, 2.05) is 0 Å². The minimum atomic E-state index is -4.17. The Hall–Kier alpha value is -0.290. The van der Waals surface area contributed by atoms with Crippen molar-refractivity contribution in [2.45, 2.75) is 63.3 Å². The number of rotatable bonds is 1. The SMILES string of the molecule is CC1CCNC(C2(O)CCCC(C(F)(F)F)C2)C1. The van der Waals surface area contributed by atoms with E-state index in [1.165, 1.54) is 0 Å². The van der Waals surface area contributed by atoms with Gasteiger partial charge >= 0.3 is 6.18 Å². The van der Waals surface area contributed by atoms with E-state index in [1.54, 1.807) is 0 Å². The highest BCUT2D eigenvalue weighted by Crippen LogP contribution is 2.44. The lowest BCUT2D eigenvalue weighted by Gasteiger charge is -2.45. The molecule has 0 amide bonds.